The maximum atomic E-state index is 12.8. The first-order valence-electron chi connectivity index (χ1n) is 3.49. The van der Waals surface area contributed by atoms with Crippen LogP contribution in [-0.4, -0.2) is 16.7 Å². The summed E-state index contributed by atoms with van der Waals surface area (Å²) in [5.41, 5.74) is 4.41. The van der Waals surface area contributed by atoms with E-state index in [1.165, 1.54) is 0 Å². The predicted octanol–water partition coefficient (Wildman–Crippen LogP) is 0.522. The molecule has 0 saturated carbocycles. The molecule has 0 aliphatic carbocycles. The van der Waals surface area contributed by atoms with E-state index in [9.17, 15) is 14.0 Å². The van der Waals surface area contributed by atoms with Crippen LogP contribution in [0, 0.1) is 5.82 Å². The summed E-state index contributed by atoms with van der Waals surface area (Å²) in [5, 5.41) is 0. The number of halogens is 1. The fraction of sp³-hybridized carbons (Fsp3) is 0.125. The maximum absolute atomic E-state index is 12.8. The highest BCUT2D eigenvalue weighted by Crippen LogP contribution is 2.06. The van der Waals surface area contributed by atoms with Crippen molar-refractivity contribution < 1.29 is 14.0 Å². The molecule has 0 atom stereocenters. The molecule has 0 aromatic carbocycles. The standard InChI is InChI=1S/C8H7FN2O2/c1-4(12)7-5(9)2-3-6(11-7)8(10)13/h2-3H,1H3,(H2,10,13). The molecule has 0 radical (unpaired) electrons. The summed E-state index contributed by atoms with van der Waals surface area (Å²) in [6, 6.07) is 2.12. The third-order valence-corrected chi connectivity index (χ3v) is 1.43. The SMILES string of the molecule is CC(=O)c1nc(C(N)=O)ccc1F. The maximum Gasteiger partial charge on any atom is 0.267 e. The first kappa shape index (κ1) is 9.31. The fourth-order valence-corrected chi connectivity index (χ4v) is 0.826. The minimum atomic E-state index is -0.789. The second-order valence-corrected chi connectivity index (χ2v) is 2.45. The van der Waals surface area contributed by atoms with E-state index in [0.29, 0.717) is 0 Å². The van der Waals surface area contributed by atoms with E-state index in [-0.39, 0.29) is 11.4 Å². The van der Waals surface area contributed by atoms with Gasteiger partial charge in [-0.3, -0.25) is 9.59 Å². The number of amides is 1. The van der Waals surface area contributed by atoms with Gasteiger partial charge in [0.15, 0.2) is 11.6 Å². The molecule has 4 nitrogen and oxygen atoms in total. The average Bonchev–Trinajstić information content (AvgIpc) is 2.04. The number of nitrogens with two attached hydrogens (primary N) is 1. The first-order valence-corrected chi connectivity index (χ1v) is 3.49. The van der Waals surface area contributed by atoms with Crippen LogP contribution in [0.2, 0.25) is 0 Å². The van der Waals surface area contributed by atoms with Crippen LogP contribution in [0.4, 0.5) is 4.39 Å². The lowest BCUT2D eigenvalue weighted by molar-refractivity contribution is 0.0994. The minimum Gasteiger partial charge on any atom is -0.364 e. The van der Waals surface area contributed by atoms with Crippen LogP contribution < -0.4 is 5.73 Å². The molecule has 0 unspecified atom stereocenters. The zero-order chi connectivity index (χ0) is 10.0. The summed E-state index contributed by atoms with van der Waals surface area (Å²) in [6.45, 7) is 1.16. The van der Waals surface area contributed by atoms with Crippen molar-refractivity contribution in [3.05, 3.63) is 29.3 Å². The van der Waals surface area contributed by atoms with E-state index >= 15 is 0 Å². The van der Waals surface area contributed by atoms with Gasteiger partial charge in [-0.05, 0) is 12.1 Å². The molecule has 0 spiro atoms. The second kappa shape index (κ2) is 3.30. The van der Waals surface area contributed by atoms with Gasteiger partial charge in [0.2, 0.25) is 0 Å². The van der Waals surface area contributed by atoms with E-state index in [0.717, 1.165) is 19.1 Å². The summed E-state index contributed by atoms with van der Waals surface area (Å²) < 4.78 is 12.8. The monoisotopic (exact) mass is 182 g/mol. The third kappa shape index (κ3) is 1.87. The van der Waals surface area contributed by atoms with E-state index in [4.69, 9.17) is 5.73 Å². The Morgan fingerprint density at radius 1 is 1.46 bits per heavy atom. The Hall–Kier alpha value is -1.78. The Morgan fingerprint density at radius 3 is 2.54 bits per heavy atom. The molecule has 1 heterocycles. The molecule has 1 amide bonds. The van der Waals surface area contributed by atoms with Gasteiger partial charge in [-0.2, -0.15) is 0 Å². The summed E-state index contributed by atoms with van der Waals surface area (Å²) in [7, 11) is 0. The van der Waals surface area contributed by atoms with Crippen molar-refractivity contribution in [2.75, 3.05) is 0 Å². The third-order valence-electron chi connectivity index (χ3n) is 1.43. The fourth-order valence-electron chi connectivity index (χ4n) is 0.826. The second-order valence-electron chi connectivity index (χ2n) is 2.45. The Kier molecular flexibility index (Phi) is 2.36. The molecule has 0 aliphatic heterocycles. The van der Waals surface area contributed by atoms with Gasteiger partial charge in [0.1, 0.15) is 11.4 Å². The molecule has 0 aliphatic rings. The molecule has 1 aromatic rings. The van der Waals surface area contributed by atoms with Crippen LogP contribution in [0.15, 0.2) is 12.1 Å². The van der Waals surface area contributed by atoms with Gasteiger partial charge >= 0.3 is 0 Å². The number of Topliss-reactive ketones (excluding diaryl/α,β-unsaturated/α-hetero) is 1. The van der Waals surface area contributed by atoms with Crippen molar-refractivity contribution in [1.29, 1.82) is 0 Å². The van der Waals surface area contributed by atoms with Crippen molar-refractivity contribution in [1.82, 2.24) is 4.98 Å². The van der Waals surface area contributed by atoms with E-state index < -0.39 is 17.5 Å². The lowest BCUT2D eigenvalue weighted by atomic mass is 10.2. The van der Waals surface area contributed by atoms with Gasteiger partial charge < -0.3 is 5.73 Å². The Bertz CT molecular complexity index is 376. The number of carbonyl (C=O) groups excluding carboxylic acids is 2. The first-order chi connectivity index (χ1) is 6.02. The van der Waals surface area contributed by atoms with Crippen LogP contribution in [0.3, 0.4) is 0 Å². The highest BCUT2D eigenvalue weighted by atomic mass is 19.1. The quantitative estimate of drug-likeness (QED) is 0.677. The molecule has 1 aromatic heterocycles. The Morgan fingerprint density at radius 2 is 2.08 bits per heavy atom. The normalized spacial score (nSPS) is 9.69. The molecule has 5 heteroatoms. The molecule has 2 N–H and O–H groups in total. The van der Waals surface area contributed by atoms with Crippen LogP contribution in [-0.2, 0) is 0 Å². The zero-order valence-corrected chi connectivity index (χ0v) is 6.87. The van der Waals surface area contributed by atoms with Gasteiger partial charge in [-0.1, -0.05) is 0 Å². The molecule has 68 valence electrons. The largest absolute Gasteiger partial charge is 0.364 e. The van der Waals surface area contributed by atoms with Crippen molar-refractivity contribution in [3.8, 4) is 0 Å². The van der Waals surface area contributed by atoms with Crippen LogP contribution in [0.5, 0.6) is 0 Å². The van der Waals surface area contributed by atoms with E-state index in [1.54, 1.807) is 0 Å². The summed E-state index contributed by atoms with van der Waals surface area (Å²) in [4.78, 5) is 24.9. The number of carbonyl (C=O) groups is 2. The van der Waals surface area contributed by atoms with Gasteiger partial charge in [0, 0.05) is 6.92 Å². The summed E-state index contributed by atoms with van der Waals surface area (Å²) in [6.07, 6.45) is 0. The number of hydrogen-bond acceptors (Lipinski definition) is 3. The predicted molar refractivity (Wildman–Crippen MR) is 42.7 cm³/mol. The molecule has 0 fully saturated rings. The topological polar surface area (TPSA) is 73.1 Å². The number of pyridine rings is 1. The zero-order valence-electron chi connectivity index (χ0n) is 6.87. The number of aromatic nitrogens is 1. The van der Waals surface area contributed by atoms with Crippen molar-refractivity contribution in [2.45, 2.75) is 6.92 Å². The number of nitrogens with zero attached hydrogens (tertiary/aromatic N) is 1. The van der Waals surface area contributed by atoms with Crippen LogP contribution >= 0.6 is 0 Å². The lowest BCUT2D eigenvalue weighted by Gasteiger charge is -1.99. The molecule has 1 rings (SSSR count). The number of ketones is 1. The van der Waals surface area contributed by atoms with Gasteiger partial charge in [-0.25, -0.2) is 9.37 Å². The van der Waals surface area contributed by atoms with E-state index in [2.05, 4.69) is 4.98 Å². The molecule has 13 heavy (non-hydrogen) atoms. The smallest absolute Gasteiger partial charge is 0.267 e. The summed E-state index contributed by atoms with van der Waals surface area (Å²) >= 11 is 0. The van der Waals surface area contributed by atoms with Crippen molar-refractivity contribution in [3.63, 3.8) is 0 Å². The molecular formula is C8H7FN2O2. The number of hydrogen-bond donors (Lipinski definition) is 1. The van der Waals surface area contributed by atoms with Crippen LogP contribution in [0.1, 0.15) is 27.9 Å². The Labute approximate surface area is 73.6 Å². The summed E-state index contributed by atoms with van der Waals surface area (Å²) in [5.74, 6) is -2.08. The molecular weight excluding hydrogens is 175 g/mol. The number of rotatable bonds is 2. The highest BCUT2D eigenvalue weighted by molar-refractivity contribution is 5.95. The van der Waals surface area contributed by atoms with Gasteiger partial charge in [-0.15, -0.1) is 0 Å². The van der Waals surface area contributed by atoms with Crippen LogP contribution in [0.25, 0.3) is 0 Å². The van der Waals surface area contributed by atoms with Crippen molar-refractivity contribution in [2.24, 2.45) is 5.73 Å². The average molecular weight is 182 g/mol. The Balaban J connectivity index is 3.27. The minimum absolute atomic E-state index is 0.119. The van der Waals surface area contributed by atoms with E-state index in [1.807, 2.05) is 0 Å². The number of primary amides is 1. The lowest BCUT2D eigenvalue weighted by Crippen LogP contribution is -2.15. The van der Waals surface area contributed by atoms with Gasteiger partial charge in [0.05, 0.1) is 0 Å². The molecule has 0 bridgehead atoms. The molecule has 0 saturated heterocycles. The van der Waals surface area contributed by atoms with Crippen molar-refractivity contribution >= 4 is 11.7 Å². The van der Waals surface area contributed by atoms with Gasteiger partial charge in [0.25, 0.3) is 5.91 Å². The highest BCUT2D eigenvalue weighted by Gasteiger charge is 2.11.